The second-order valence-electron chi connectivity index (χ2n) is 20.6. The number of carbonyl (C=O) groups excluding carboxylic acids is 5. The summed E-state index contributed by atoms with van der Waals surface area (Å²) in [6.07, 6.45) is 16.1. The Morgan fingerprint density at radius 3 is 1.92 bits per heavy atom. The Hall–Kier alpha value is -3.04. The first-order valence-corrected chi connectivity index (χ1v) is 25.3. The smallest absolute Gasteiger partial charge is 0.303 e. The summed E-state index contributed by atoms with van der Waals surface area (Å²) in [5.74, 6) is -2.71. The zero-order chi connectivity index (χ0) is 44.1. The Morgan fingerprint density at radius 2 is 1.38 bits per heavy atom. The fourth-order valence-corrected chi connectivity index (χ4v) is 14.5. The van der Waals surface area contributed by atoms with E-state index in [1.165, 1.54) is 0 Å². The minimum Gasteiger partial charge on any atom is -0.343 e. The summed E-state index contributed by atoms with van der Waals surface area (Å²) in [5, 5.41) is 9.48. The number of nitrogens with zero attached hydrogens (tertiary/aromatic N) is 3. The number of fused-ring (bicyclic) bond motifs is 1. The average Bonchev–Trinajstić information content (AvgIpc) is 3.69. The quantitative estimate of drug-likeness (QED) is 0.163. The van der Waals surface area contributed by atoms with E-state index in [0.717, 1.165) is 107 Å². The van der Waals surface area contributed by atoms with Crippen LogP contribution in [0, 0.1) is 34.0 Å². The van der Waals surface area contributed by atoms with Crippen LogP contribution in [0.15, 0.2) is 12.7 Å². The molecule has 2 aliphatic heterocycles. The van der Waals surface area contributed by atoms with Crippen LogP contribution in [-0.4, -0.2) is 114 Å². The lowest BCUT2D eigenvalue weighted by Crippen LogP contribution is -2.62. The van der Waals surface area contributed by atoms with Crippen molar-refractivity contribution in [3.63, 3.8) is 0 Å². The molecule has 7 fully saturated rings. The molecule has 2 saturated heterocycles. The molecule has 0 unspecified atom stereocenters. The van der Waals surface area contributed by atoms with Gasteiger partial charge in [-0.25, -0.2) is 4.72 Å². The SMILES string of the molecule is C=C[C@@H]1C[C@]1(NC(=O)[C@@H]1C[C@@]2(CN1C(=O)[C@@H](NC(=O)[C@@H](NC(=O)[C@@H]1CCCCN1C(C)C)C1CCCCC1)C1CCCC1)C(C)(C)C21CCC1)C(=O)NS(=O)(=O)N(CC)CC. The highest BCUT2D eigenvalue weighted by atomic mass is 32.2. The first-order valence-electron chi connectivity index (χ1n) is 23.9. The third-order valence-corrected chi connectivity index (χ3v) is 19.0. The van der Waals surface area contributed by atoms with Crippen molar-refractivity contribution in [1.82, 2.24) is 34.8 Å². The van der Waals surface area contributed by atoms with Crippen molar-refractivity contribution in [2.45, 2.75) is 186 Å². The second kappa shape index (κ2) is 17.5. The fraction of sp³-hybridized carbons (Fsp3) is 0.848. The minimum absolute atomic E-state index is 0.00481. The van der Waals surface area contributed by atoms with Crippen LogP contribution in [0.1, 0.15) is 151 Å². The van der Waals surface area contributed by atoms with Gasteiger partial charge >= 0.3 is 10.2 Å². The zero-order valence-corrected chi connectivity index (χ0v) is 38.7. The van der Waals surface area contributed by atoms with E-state index in [-0.39, 0.29) is 77.4 Å². The normalized spacial score (nSPS) is 32.0. The third kappa shape index (κ3) is 7.97. The summed E-state index contributed by atoms with van der Waals surface area (Å²) < 4.78 is 29.8. The average molecular weight is 870 g/mol. The van der Waals surface area contributed by atoms with E-state index < -0.39 is 51.6 Å². The number of nitrogens with one attached hydrogen (secondary N) is 4. The standard InChI is InChI=1S/C46H75N7O7S/c1-8-33-27-46(33,42(58)50-61(59,60)51(9-2)10-3)49-39(55)35-28-45(43(6,7)44(45)24-18-25-44)29-53(35)41(57)37(32-21-14-15-22-32)48-40(56)36(31-19-12-11-13-20-31)47-38(54)34-23-16-17-26-52(34)30(4)5/h8,30-37H,1,9-29H2,2-7H3,(H,47,54)(H,48,56)(H,49,55)(H,50,58)/t33-,34+,35+,36+,37+,45-,46-/m1/s1. The minimum atomic E-state index is -4.16. The molecule has 0 aromatic carbocycles. The summed E-state index contributed by atoms with van der Waals surface area (Å²) in [6, 6.07) is -2.70. The zero-order valence-electron chi connectivity index (χ0n) is 37.9. The van der Waals surface area contributed by atoms with E-state index >= 15 is 4.79 Å². The van der Waals surface area contributed by atoms with E-state index in [9.17, 15) is 27.6 Å². The van der Waals surface area contributed by atoms with Crippen LogP contribution in [-0.2, 0) is 34.2 Å². The highest BCUT2D eigenvalue weighted by Crippen LogP contribution is 2.88. The monoisotopic (exact) mass is 870 g/mol. The Labute approximate surface area is 365 Å². The van der Waals surface area contributed by atoms with Gasteiger partial charge in [0.1, 0.15) is 23.7 Å². The molecule has 4 N–H and O–H groups in total. The van der Waals surface area contributed by atoms with Crippen molar-refractivity contribution in [1.29, 1.82) is 0 Å². The van der Waals surface area contributed by atoms with E-state index in [0.29, 0.717) is 13.0 Å². The van der Waals surface area contributed by atoms with Gasteiger partial charge in [-0.15, -0.1) is 6.58 Å². The molecule has 0 radical (unpaired) electrons. The number of rotatable bonds is 16. The van der Waals surface area contributed by atoms with Gasteiger partial charge in [0.2, 0.25) is 23.6 Å². The van der Waals surface area contributed by atoms with Crippen LogP contribution in [0.5, 0.6) is 0 Å². The molecule has 2 heterocycles. The summed E-state index contributed by atoms with van der Waals surface area (Å²) in [7, 11) is -4.16. The maximum atomic E-state index is 15.4. The molecule has 5 amide bonds. The van der Waals surface area contributed by atoms with Crippen LogP contribution < -0.4 is 20.7 Å². The third-order valence-electron chi connectivity index (χ3n) is 17.4. The largest absolute Gasteiger partial charge is 0.343 e. The van der Waals surface area contributed by atoms with Crippen LogP contribution in [0.2, 0.25) is 0 Å². The second-order valence-corrected chi connectivity index (χ2v) is 22.3. The van der Waals surface area contributed by atoms with Gasteiger partial charge in [-0.3, -0.25) is 28.9 Å². The lowest BCUT2D eigenvalue weighted by molar-refractivity contribution is -0.144. The van der Waals surface area contributed by atoms with E-state index in [1.807, 2.05) is 0 Å². The molecule has 342 valence electrons. The molecule has 5 aliphatic carbocycles. The maximum absolute atomic E-state index is 15.4. The van der Waals surface area contributed by atoms with Crippen LogP contribution >= 0.6 is 0 Å². The highest BCUT2D eigenvalue weighted by molar-refractivity contribution is 7.87. The number of carbonyl (C=O) groups is 5. The number of amides is 5. The summed E-state index contributed by atoms with van der Waals surface area (Å²) >= 11 is 0. The molecule has 15 heteroatoms. The molecule has 0 bridgehead atoms. The number of piperidine rings is 1. The van der Waals surface area contributed by atoms with Gasteiger partial charge in [0.05, 0.1) is 6.04 Å². The summed E-state index contributed by atoms with van der Waals surface area (Å²) in [4.78, 5) is 77.1. The van der Waals surface area contributed by atoms with Crippen LogP contribution in [0.25, 0.3) is 0 Å². The van der Waals surface area contributed by atoms with E-state index in [1.54, 1.807) is 24.8 Å². The number of hydrogen-bond acceptors (Lipinski definition) is 8. The van der Waals surface area contributed by atoms with Crippen molar-refractivity contribution in [3.05, 3.63) is 12.7 Å². The lowest BCUT2D eigenvalue weighted by Gasteiger charge is -2.39. The lowest BCUT2D eigenvalue weighted by atomic mass is 9.73. The van der Waals surface area contributed by atoms with E-state index in [4.69, 9.17) is 0 Å². The van der Waals surface area contributed by atoms with Gasteiger partial charge in [-0.05, 0) is 107 Å². The van der Waals surface area contributed by atoms with Gasteiger partial charge in [0.25, 0.3) is 5.91 Å². The molecule has 7 atom stereocenters. The van der Waals surface area contributed by atoms with Gasteiger partial charge in [-0.1, -0.05) is 78.7 Å². The first-order chi connectivity index (χ1) is 28.9. The van der Waals surface area contributed by atoms with Crippen molar-refractivity contribution in [2.75, 3.05) is 26.2 Å². The molecular formula is C46H75N7O7S. The van der Waals surface area contributed by atoms with Gasteiger partial charge in [0, 0.05) is 37.0 Å². The summed E-state index contributed by atoms with van der Waals surface area (Å²) in [5.41, 5.74) is -1.97. The Bertz CT molecular complexity index is 1820. The predicted molar refractivity (Wildman–Crippen MR) is 234 cm³/mol. The van der Waals surface area contributed by atoms with Gasteiger partial charge in [-0.2, -0.15) is 12.7 Å². The van der Waals surface area contributed by atoms with Crippen molar-refractivity contribution in [3.8, 4) is 0 Å². The first kappa shape index (κ1) is 46.0. The molecule has 5 saturated carbocycles. The maximum Gasteiger partial charge on any atom is 0.303 e. The van der Waals surface area contributed by atoms with Crippen molar-refractivity contribution >= 4 is 39.7 Å². The Kier molecular flexibility index (Phi) is 13.2. The fourth-order valence-electron chi connectivity index (χ4n) is 13.3. The molecule has 0 aromatic heterocycles. The number of likely N-dealkylation sites (tertiary alicyclic amines) is 2. The molecule has 61 heavy (non-hydrogen) atoms. The molecule has 2 spiro atoms. The van der Waals surface area contributed by atoms with E-state index in [2.05, 4.69) is 59.8 Å². The highest BCUT2D eigenvalue weighted by Gasteiger charge is 2.85. The van der Waals surface area contributed by atoms with Gasteiger partial charge < -0.3 is 20.9 Å². The predicted octanol–water partition coefficient (Wildman–Crippen LogP) is 4.55. The van der Waals surface area contributed by atoms with Crippen LogP contribution in [0.4, 0.5) is 0 Å². The summed E-state index contributed by atoms with van der Waals surface area (Å²) in [6.45, 7) is 17.5. The number of hydrogen-bond donors (Lipinski definition) is 4. The molecule has 0 aromatic rings. The van der Waals surface area contributed by atoms with Crippen molar-refractivity contribution < 1.29 is 32.4 Å². The molecule has 7 rings (SSSR count). The van der Waals surface area contributed by atoms with Crippen LogP contribution in [0.3, 0.4) is 0 Å². The Morgan fingerprint density at radius 1 is 0.770 bits per heavy atom. The van der Waals surface area contributed by atoms with Crippen molar-refractivity contribution in [2.24, 2.45) is 34.0 Å². The Balaban J connectivity index is 1.17. The van der Waals surface area contributed by atoms with Gasteiger partial charge in [0.15, 0.2) is 0 Å². The molecular weight excluding hydrogens is 795 g/mol. The molecule has 7 aliphatic rings. The topological polar surface area (TPSA) is 177 Å². The molecule has 14 nitrogen and oxygen atoms in total.